The summed E-state index contributed by atoms with van der Waals surface area (Å²) in [7, 11) is 0. The Bertz CT molecular complexity index is 912. The smallest absolute Gasteiger partial charge is 0.318 e. The molecule has 2 aromatic rings. The van der Waals surface area contributed by atoms with Crippen LogP contribution in [0.3, 0.4) is 0 Å². The highest BCUT2D eigenvalue weighted by molar-refractivity contribution is 8.00. The van der Waals surface area contributed by atoms with Crippen molar-refractivity contribution < 1.29 is 18.8 Å². The molecule has 1 aliphatic heterocycles. The molecule has 1 atom stereocenters. The van der Waals surface area contributed by atoms with Gasteiger partial charge in [-0.25, -0.2) is 9.18 Å². The fourth-order valence-electron chi connectivity index (χ4n) is 2.58. The molecule has 1 fully saturated rings. The zero-order chi connectivity index (χ0) is 19.6. The number of carbonyl (C=O) groups excluding carboxylic acids is 3. The molecule has 0 aromatic heterocycles. The molecule has 140 valence electrons. The predicted octanol–water partition coefficient (Wildman–Crippen LogP) is 3.07. The summed E-state index contributed by atoms with van der Waals surface area (Å²) in [6.07, 6.45) is 0. The van der Waals surface area contributed by atoms with Crippen LogP contribution in [0.25, 0.3) is 0 Å². The number of imide groups is 1. The quantitative estimate of drug-likeness (QED) is 0.589. The molecule has 6 nitrogen and oxygen atoms in total. The minimum atomic E-state index is -1.26. The van der Waals surface area contributed by atoms with Crippen LogP contribution in [0.2, 0.25) is 5.02 Å². The lowest BCUT2D eigenvalue weighted by Crippen LogP contribution is -2.48. The number of hydrogen-bond donors (Lipinski definition) is 2. The highest BCUT2D eigenvalue weighted by atomic mass is 35.5. The van der Waals surface area contributed by atoms with Gasteiger partial charge in [-0.1, -0.05) is 41.9 Å². The van der Waals surface area contributed by atoms with Gasteiger partial charge in [-0.2, -0.15) is 5.01 Å². The lowest BCUT2D eigenvalue weighted by Gasteiger charge is -2.22. The SMILES string of the molecule is CC1(c2ccccc2)NC(=O)N(NC(=O)CSc2ccc(F)c(Cl)c2)C1=O. The second-order valence-electron chi connectivity index (χ2n) is 5.96. The Morgan fingerprint density at radius 2 is 1.96 bits per heavy atom. The van der Waals surface area contributed by atoms with Crippen molar-refractivity contribution in [3.63, 3.8) is 0 Å². The van der Waals surface area contributed by atoms with Crippen LogP contribution < -0.4 is 10.7 Å². The van der Waals surface area contributed by atoms with Crippen molar-refractivity contribution in [1.82, 2.24) is 15.8 Å². The van der Waals surface area contributed by atoms with Crippen LogP contribution in [0.15, 0.2) is 53.4 Å². The van der Waals surface area contributed by atoms with Crippen LogP contribution in [0.4, 0.5) is 9.18 Å². The number of benzene rings is 2. The van der Waals surface area contributed by atoms with Gasteiger partial charge in [-0.05, 0) is 30.7 Å². The number of nitrogens with zero attached hydrogens (tertiary/aromatic N) is 1. The van der Waals surface area contributed by atoms with Gasteiger partial charge < -0.3 is 5.32 Å². The van der Waals surface area contributed by atoms with E-state index in [1.807, 2.05) is 0 Å². The van der Waals surface area contributed by atoms with Gasteiger partial charge in [0.05, 0.1) is 10.8 Å². The lowest BCUT2D eigenvalue weighted by atomic mass is 9.92. The summed E-state index contributed by atoms with van der Waals surface area (Å²) < 4.78 is 13.2. The molecule has 2 aromatic carbocycles. The van der Waals surface area contributed by atoms with Crippen LogP contribution in [0.5, 0.6) is 0 Å². The fraction of sp³-hybridized carbons (Fsp3) is 0.167. The number of carbonyl (C=O) groups is 3. The topological polar surface area (TPSA) is 78.5 Å². The third-order valence-corrected chi connectivity index (χ3v) is 5.32. The van der Waals surface area contributed by atoms with E-state index in [9.17, 15) is 18.8 Å². The minimum Gasteiger partial charge on any atom is -0.318 e. The molecule has 1 unspecified atom stereocenters. The third-order valence-electron chi connectivity index (χ3n) is 4.04. The Hall–Kier alpha value is -2.58. The minimum absolute atomic E-state index is 0.0480. The average Bonchev–Trinajstić information content (AvgIpc) is 2.87. The number of thioether (sulfide) groups is 1. The van der Waals surface area contributed by atoms with E-state index in [-0.39, 0.29) is 10.8 Å². The second-order valence-corrected chi connectivity index (χ2v) is 7.42. The Kier molecular flexibility index (Phi) is 5.38. The Balaban J connectivity index is 1.64. The van der Waals surface area contributed by atoms with Gasteiger partial charge in [0.2, 0.25) is 5.91 Å². The van der Waals surface area contributed by atoms with Gasteiger partial charge in [0.25, 0.3) is 5.91 Å². The molecule has 0 radical (unpaired) electrons. The number of nitrogens with one attached hydrogen (secondary N) is 2. The molecule has 1 heterocycles. The lowest BCUT2D eigenvalue weighted by molar-refractivity contribution is -0.138. The maximum atomic E-state index is 13.2. The normalized spacial score (nSPS) is 19.1. The fourth-order valence-corrected chi connectivity index (χ4v) is 3.55. The Morgan fingerprint density at radius 3 is 2.63 bits per heavy atom. The molecule has 0 spiro atoms. The van der Waals surface area contributed by atoms with Crippen molar-refractivity contribution in [2.75, 3.05) is 5.75 Å². The maximum Gasteiger partial charge on any atom is 0.344 e. The molecule has 0 bridgehead atoms. The number of amides is 4. The van der Waals surface area contributed by atoms with Crippen LogP contribution in [0, 0.1) is 5.82 Å². The first-order valence-corrected chi connectivity index (χ1v) is 9.27. The number of hydrogen-bond acceptors (Lipinski definition) is 4. The zero-order valence-corrected chi connectivity index (χ0v) is 15.7. The van der Waals surface area contributed by atoms with Crippen LogP contribution >= 0.6 is 23.4 Å². The summed E-state index contributed by atoms with van der Waals surface area (Å²) in [4.78, 5) is 37.6. The standard InChI is InChI=1S/C18H15ClFN3O3S/c1-18(11-5-3-2-4-6-11)16(25)23(17(26)21-18)22-15(24)10-27-12-7-8-14(20)13(19)9-12/h2-9H,10H2,1H3,(H,21,26)(H,22,24). The number of urea groups is 1. The molecule has 0 saturated carbocycles. The number of halogens is 2. The zero-order valence-electron chi connectivity index (χ0n) is 14.2. The average molecular weight is 408 g/mol. The van der Waals surface area contributed by atoms with Gasteiger partial charge >= 0.3 is 6.03 Å². The summed E-state index contributed by atoms with van der Waals surface area (Å²) in [6, 6.07) is 12.1. The van der Waals surface area contributed by atoms with Crippen LogP contribution in [-0.4, -0.2) is 28.6 Å². The molecule has 1 aliphatic rings. The van der Waals surface area contributed by atoms with E-state index in [2.05, 4.69) is 10.7 Å². The van der Waals surface area contributed by atoms with E-state index in [0.29, 0.717) is 15.5 Å². The first-order chi connectivity index (χ1) is 12.8. The molecule has 27 heavy (non-hydrogen) atoms. The van der Waals surface area contributed by atoms with Crippen LogP contribution in [0.1, 0.15) is 12.5 Å². The van der Waals surface area contributed by atoms with Crippen molar-refractivity contribution in [2.45, 2.75) is 17.4 Å². The summed E-state index contributed by atoms with van der Waals surface area (Å²) in [5.41, 5.74) is 1.65. The molecule has 9 heteroatoms. The Morgan fingerprint density at radius 1 is 1.26 bits per heavy atom. The van der Waals surface area contributed by atoms with Crippen molar-refractivity contribution in [2.24, 2.45) is 0 Å². The van der Waals surface area contributed by atoms with Gasteiger partial charge in [0.1, 0.15) is 11.4 Å². The largest absolute Gasteiger partial charge is 0.344 e. The molecule has 2 N–H and O–H groups in total. The van der Waals surface area contributed by atoms with Gasteiger partial charge in [-0.3, -0.25) is 15.0 Å². The van der Waals surface area contributed by atoms with Crippen LogP contribution in [-0.2, 0) is 15.1 Å². The van der Waals surface area contributed by atoms with E-state index in [1.165, 1.54) is 18.2 Å². The number of hydrazine groups is 1. The Labute approximate surface area is 164 Å². The molecular weight excluding hydrogens is 393 g/mol. The molecule has 1 saturated heterocycles. The molecule has 4 amide bonds. The summed E-state index contributed by atoms with van der Waals surface area (Å²) in [6.45, 7) is 1.57. The second kappa shape index (κ2) is 7.58. The number of rotatable bonds is 5. The molecule has 3 rings (SSSR count). The highest BCUT2D eigenvalue weighted by Gasteiger charge is 2.49. The van der Waals surface area contributed by atoms with Gasteiger partial charge in [-0.15, -0.1) is 11.8 Å². The maximum absolute atomic E-state index is 13.2. The van der Waals surface area contributed by atoms with Crippen molar-refractivity contribution >= 4 is 41.2 Å². The highest BCUT2D eigenvalue weighted by Crippen LogP contribution is 2.28. The first kappa shape index (κ1) is 19.2. The van der Waals surface area contributed by atoms with E-state index in [4.69, 9.17) is 11.6 Å². The van der Waals surface area contributed by atoms with E-state index < -0.39 is 29.2 Å². The third kappa shape index (κ3) is 3.91. The first-order valence-electron chi connectivity index (χ1n) is 7.91. The van der Waals surface area contributed by atoms with Gasteiger partial charge in [0.15, 0.2) is 0 Å². The predicted molar refractivity (Wildman–Crippen MR) is 99.4 cm³/mol. The van der Waals surface area contributed by atoms with Crippen molar-refractivity contribution in [3.8, 4) is 0 Å². The summed E-state index contributed by atoms with van der Waals surface area (Å²) in [5.74, 6) is -1.77. The molecular formula is C18H15ClFN3O3S. The monoisotopic (exact) mass is 407 g/mol. The molecule has 0 aliphatic carbocycles. The van der Waals surface area contributed by atoms with E-state index in [1.54, 1.807) is 37.3 Å². The van der Waals surface area contributed by atoms with E-state index >= 15 is 0 Å². The van der Waals surface area contributed by atoms with E-state index in [0.717, 1.165) is 11.8 Å². The van der Waals surface area contributed by atoms with Gasteiger partial charge in [0, 0.05) is 4.90 Å². The van der Waals surface area contributed by atoms with Crippen molar-refractivity contribution in [3.05, 3.63) is 64.9 Å². The summed E-state index contributed by atoms with van der Waals surface area (Å²) in [5, 5.41) is 3.22. The van der Waals surface area contributed by atoms with Crippen molar-refractivity contribution in [1.29, 1.82) is 0 Å². The summed E-state index contributed by atoms with van der Waals surface area (Å²) >= 11 is 6.80.